The van der Waals surface area contributed by atoms with E-state index in [1.165, 1.54) is 24.3 Å². The molecule has 0 amide bonds. The van der Waals surface area contributed by atoms with E-state index in [1.54, 1.807) is 36.4 Å². The molecule has 0 atom stereocenters. The Labute approximate surface area is 130 Å². The van der Waals surface area contributed by atoms with E-state index in [1.807, 2.05) is 0 Å². The maximum absolute atomic E-state index is 11.5. The van der Waals surface area contributed by atoms with Crippen LogP contribution in [0.5, 0.6) is 11.5 Å². The van der Waals surface area contributed by atoms with Gasteiger partial charge in [0.1, 0.15) is 11.5 Å². The van der Waals surface area contributed by atoms with Crippen LogP contribution in [-0.2, 0) is 10.4 Å². The van der Waals surface area contributed by atoms with E-state index in [9.17, 15) is 8.42 Å². The van der Waals surface area contributed by atoms with Gasteiger partial charge in [0.25, 0.3) is 0 Å². The van der Waals surface area contributed by atoms with Gasteiger partial charge in [0.05, 0.1) is 0 Å². The van der Waals surface area contributed by atoms with Gasteiger partial charge in [0.15, 0.2) is 0 Å². The Hall–Kier alpha value is -1.01. The van der Waals surface area contributed by atoms with Gasteiger partial charge in [-0.1, -0.05) is 36.4 Å². The average Bonchev–Trinajstić information content (AvgIpc) is 2.30. The molecule has 2 aromatic carbocycles. The maximum atomic E-state index is 11.5. The Morgan fingerprint density at radius 3 is 1.39 bits per heavy atom. The summed E-state index contributed by atoms with van der Waals surface area (Å²) < 4.78 is 32.6. The molecular formula is C12H11NaO4S. The first kappa shape index (κ1) is 15.0. The Balaban J connectivity index is 0.00000162. The fourth-order valence-corrected chi connectivity index (χ4v) is 1.93. The van der Waals surface area contributed by atoms with Crippen molar-refractivity contribution >= 4 is 10.4 Å². The van der Waals surface area contributed by atoms with Gasteiger partial charge in [-0.15, -0.1) is 8.42 Å². The van der Waals surface area contributed by atoms with E-state index in [4.69, 9.17) is 8.37 Å². The molecule has 0 aliphatic rings. The zero-order valence-corrected chi connectivity index (χ0v) is 12.6. The van der Waals surface area contributed by atoms with Crippen LogP contribution >= 0.6 is 0 Å². The zero-order chi connectivity index (χ0) is 12.1. The molecule has 4 nitrogen and oxygen atoms in total. The summed E-state index contributed by atoms with van der Waals surface area (Å²) in [5.41, 5.74) is 0. The second kappa shape index (κ2) is 6.80. The number of rotatable bonds is 4. The van der Waals surface area contributed by atoms with Gasteiger partial charge >= 0.3 is 40.0 Å². The minimum Gasteiger partial charge on any atom is -1.00 e. The second-order valence-corrected chi connectivity index (χ2v) is 4.35. The monoisotopic (exact) mass is 274 g/mol. The van der Waals surface area contributed by atoms with Crippen molar-refractivity contribution in [3.63, 3.8) is 0 Å². The fourth-order valence-electron chi connectivity index (χ4n) is 1.20. The third-order valence-electron chi connectivity index (χ3n) is 1.88. The number of hydrogen-bond donors (Lipinski definition) is 0. The van der Waals surface area contributed by atoms with Gasteiger partial charge in [0, 0.05) is 0 Å². The summed E-state index contributed by atoms with van der Waals surface area (Å²) in [7, 11) is -4.09. The molecule has 0 radical (unpaired) electrons. The van der Waals surface area contributed by atoms with Gasteiger partial charge in [-0.25, -0.2) is 0 Å². The van der Waals surface area contributed by atoms with E-state index in [0.717, 1.165) is 0 Å². The Morgan fingerprint density at radius 1 is 0.722 bits per heavy atom. The van der Waals surface area contributed by atoms with Crippen LogP contribution in [0.15, 0.2) is 60.7 Å². The molecule has 0 saturated carbocycles. The van der Waals surface area contributed by atoms with Crippen LogP contribution in [0.25, 0.3) is 0 Å². The second-order valence-electron chi connectivity index (χ2n) is 3.20. The summed E-state index contributed by atoms with van der Waals surface area (Å²) in [6.45, 7) is 0. The molecule has 0 unspecified atom stereocenters. The molecule has 0 spiro atoms. The molecular weight excluding hydrogens is 263 g/mol. The van der Waals surface area contributed by atoms with Crippen LogP contribution in [0.2, 0.25) is 0 Å². The predicted octanol–water partition coefficient (Wildman–Crippen LogP) is -0.494. The molecule has 6 heteroatoms. The normalized spacial score (nSPS) is 10.2. The van der Waals surface area contributed by atoms with Crippen molar-refractivity contribution in [3.05, 3.63) is 60.7 Å². The fraction of sp³-hybridized carbons (Fsp3) is 0. The molecule has 0 aliphatic carbocycles. The predicted molar refractivity (Wildman–Crippen MR) is 64.2 cm³/mol. The molecule has 2 aromatic rings. The zero-order valence-electron chi connectivity index (χ0n) is 10.8. The van der Waals surface area contributed by atoms with Crippen molar-refractivity contribution in [1.82, 2.24) is 0 Å². The van der Waals surface area contributed by atoms with Crippen molar-refractivity contribution in [1.29, 1.82) is 0 Å². The van der Waals surface area contributed by atoms with Crippen LogP contribution in [0.1, 0.15) is 1.43 Å². The number of hydrogen-bond acceptors (Lipinski definition) is 4. The molecule has 0 bridgehead atoms. The van der Waals surface area contributed by atoms with Gasteiger partial charge in [0.2, 0.25) is 0 Å². The van der Waals surface area contributed by atoms with Crippen molar-refractivity contribution in [3.8, 4) is 11.5 Å². The van der Waals surface area contributed by atoms with E-state index in [-0.39, 0.29) is 42.5 Å². The summed E-state index contributed by atoms with van der Waals surface area (Å²) >= 11 is 0. The molecule has 2 rings (SSSR count). The molecule has 0 N–H and O–H groups in total. The Kier molecular flexibility index (Phi) is 5.68. The molecule has 0 fully saturated rings. The third kappa shape index (κ3) is 4.70. The largest absolute Gasteiger partial charge is 1.00 e. The topological polar surface area (TPSA) is 52.6 Å². The van der Waals surface area contributed by atoms with Crippen LogP contribution in [0.4, 0.5) is 0 Å². The SMILES string of the molecule is O=S(=O)(Oc1ccccc1)Oc1ccccc1.[H-].[Na+]. The summed E-state index contributed by atoms with van der Waals surface area (Å²) in [6, 6.07) is 16.4. The summed E-state index contributed by atoms with van der Waals surface area (Å²) in [5.74, 6) is 0.423. The van der Waals surface area contributed by atoms with Crippen molar-refractivity contribution < 1.29 is 47.8 Å². The summed E-state index contributed by atoms with van der Waals surface area (Å²) in [4.78, 5) is 0. The minimum absolute atomic E-state index is 0. The number of para-hydroxylation sites is 2. The van der Waals surface area contributed by atoms with Gasteiger partial charge in [-0.2, -0.15) is 0 Å². The van der Waals surface area contributed by atoms with E-state index >= 15 is 0 Å². The molecule has 0 saturated heterocycles. The van der Waals surface area contributed by atoms with Crippen LogP contribution in [0.3, 0.4) is 0 Å². The standard InChI is InChI=1S/C12H10O4S.Na.H/c13-17(14,15-11-7-3-1-4-8-11)16-12-9-5-2-6-10-12;;/h1-10H;;/q;+1;-1. The van der Waals surface area contributed by atoms with Crippen LogP contribution in [-0.4, -0.2) is 8.42 Å². The first-order valence-electron chi connectivity index (χ1n) is 4.90. The maximum Gasteiger partial charge on any atom is 1.00 e. The smallest absolute Gasteiger partial charge is 1.00 e. The quantitative estimate of drug-likeness (QED) is 0.706. The van der Waals surface area contributed by atoms with Crippen molar-refractivity contribution in [2.24, 2.45) is 0 Å². The average molecular weight is 274 g/mol. The van der Waals surface area contributed by atoms with Gasteiger partial charge in [-0.3, -0.25) is 0 Å². The summed E-state index contributed by atoms with van der Waals surface area (Å²) in [5, 5.41) is 0. The number of benzene rings is 2. The Morgan fingerprint density at radius 2 is 1.06 bits per heavy atom. The van der Waals surface area contributed by atoms with E-state index in [2.05, 4.69) is 0 Å². The van der Waals surface area contributed by atoms with E-state index < -0.39 is 10.4 Å². The molecule has 18 heavy (non-hydrogen) atoms. The first-order valence-corrected chi connectivity index (χ1v) is 6.23. The Bertz CT molecular complexity index is 528. The summed E-state index contributed by atoms with van der Waals surface area (Å²) in [6.07, 6.45) is 0. The minimum atomic E-state index is -4.09. The molecule has 0 aromatic heterocycles. The van der Waals surface area contributed by atoms with E-state index in [0.29, 0.717) is 0 Å². The first-order chi connectivity index (χ1) is 8.16. The van der Waals surface area contributed by atoms with Crippen LogP contribution < -0.4 is 37.9 Å². The van der Waals surface area contributed by atoms with Gasteiger partial charge in [-0.05, 0) is 24.3 Å². The molecule has 0 heterocycles. The van der Waals surface area contributed by atoms with Crippen molar-refractivity contribution in [2.45, 2.75) is 0 Å². The molecule has 90 valence electrons. The molecule has 0 aliphatic heterocycles. The van der Waals surface area contributed by atoms with Crippen molar-refractivity contribution in [2.75, 3.05) is 0 Å². The van der Waals surface area contributed by atoms with Crippen LogP contribution in [0, 0.1) is 0 Å². The van der Waals surface area contributed by atoms with Gasteiger partial charge < -0.3 is 9.79 Å². The third-order valence-corrected chi connectivity index (χ3v) is 2.68.